The van der Waals surface area contributed by atoms with Crippen molar-refractivity contribution in [1.29, 1.82) is 0 Å². The lowest BCUT2D eigenvalue weighted by Gasteiger charge is -2.23. The number of carbonyl (C=O) groups is 4. The second-order valence-electron chi connectivity index (χ2n) is 8.40. The zero-order valence-corrected chi connectivity index (χ0v) is 19.6. The Kier molecular flexibility index (Phi) is 12.4. The Morgan fingerprint density at radius 2 is 1.48 bits per heavy atom. The third-order valence-electron chi connectivity index (χ3n) is 4.27. The Morgan fingerprint density at radius 3 is 2.03 bits per heavy atom. The van der Waals surface area contributed by atoms with E-state index in [4.69, 9.17) is 14.6 Å². The van der Waals surface area contributed by atoms with E-state index in [1.807, 2.05) is 30.3 Å². The zero-order chi connectivity index (χ0) is 24.7. The third-order valence-corrected chi connectivity index (χ3v) is 4.27. The lowest BCUT2D eigenvalue weighted by molar-refractivity contribution is -0.141. The molecule has 0 heterocycles. The van der Waals surface area contributed by atoms with Gasteiger partial charge in [0, 0.05) is 32.6 Å². The van der Waals surface area contributed by atoms with E-state index in [1.54, 1.807) is 20.8 Å². The number of amides is 3. The molecule has 1 aromatic carbocycles. The van der Waals surface area contributed by atoms with Crippen LogP contribution in [0.5, 0.6) is 0 Å². The van der Waals surface area contributed by atoms with Crippen molar-refractivity contribution in [2.75, 3.05) is 26.2 Å². The summed E-state index contributed by atoms with van der Waals surface area (Å²) in [6.45, 7) is 6.74. The molecule has 0 fully saturated rings. The molecule has 0 unspecified atom stereocenters. The van der Waals surface area contributed by atoms with Crippen molar-refractivity contribution in [1.82, 2.24) is 15.5 Å². The van der Waals surface area contributed by atoms with Crippen molar-refractivity contribution in [3.05, 3.63) is 35.9 Å². The Morgan fingerprint density at radius 1 is 0.909 bits per heavy atom. The number of alkyl carbamates (subject to hydrolysis) is 2. The molecule has 3 N–H and O–H groups in total. The largest absolute Gasteiger partial charge is 0.481 e. The number of benzene rings is 1. The molecule has 0 saturated heterocycles. The molecule has 0 spiro atoms. The molecule has 184 valence electrons. The van der Waals surface area contributed by atoms with Gasteiger partial charge in [0.05, 0.1) is 6.42 Å². The van der Waals surface area contributed by atoms with Gasteiger partial charge in [0.1, 0.15) is 12.2 Å². The number of carbonyl (C=O) groups excluding carboxylic acids is 3. The van der Waals surface area contributed by atoms with Crippen LogP contribution in [-0.2, 0) is 25.7 Å². The predicted molar refractivity (Wildman–Crippen MR) is 122 cm³/mol. The van der Waals surface area contributed by atoms with Crippen LogP contribution in [0.15, 0.2) is 30.3 Å². The van der Waals surface area contributed by atoms with Crippen molar-refractivity contribution in [3.8, 4) is 0 Å². The summed E-state index contributed by atoms with van der Waals surface area (Å²) in [5.74, 6) is -1.33. The monoisotopic (exact) mass is 465 g/mol. The van der Waals surface area contributed by atoms with E-state index in [1.165, 1.54) is 4.90 Å². The Hall–Kier alpha value is -3.30. The number of carboxylic acid groups (broad SMARTS) is 1. The maximum atomic E-state index is 12.4. The van der Waals surface area contributed by atoms with Crippen LogP contribution in [0.25, 0.3) is 0 Å². The fraction of sp³-hybridized carbons (Fsp3) is 0.565. The average Bonchev–Trinajstić information content (AvgIpc) is 2.74. The highest BCUT2D eigenvalue weighted by atomic mass is 16.6. The summed E-state index contributed by atoms with van der Waals surface area (Å²) >= 11 is 0. The molecule has 0 saturated carbocycles. The summed E-state index contributed by atoms with van der Waals surface area (Å²) < 4.78 is 10.3. The second-order valence-corrected chi connectivity index (χ2v) is 8.40. The van der Waals surface area contributed by atoms with Gasteiger partial charge in [-0.25, -0.2) is 9.59 Å². The standard InChI is InChI=1S/C23H35N3O7/c1-23(2,3)33-22(31)25-14-8-16-26(19(27)11-12-20(28)29)15-7-13-24-21(30)32-17-18-9-5-4-6-10-18/h4-6,9-10H,7-8,11-17H2,1-3H3,(H,24,30)(H,25,31)(H,28,29). The number of aliphatic carboxylic acids is 1. The molecule has 33 heavy (non-hydrogen) atoms. The predicted octanol–water partition coefficient (Wildman–Crippen LogP) is 2.91. The first kappa shape index (κ1) is 27.7. The minimum atomic E-state index is -1.04. The Bertz CT molecular complexity index is 763. The molecule has 0 aliphatic heterocycles. The van der Waals surface area contributed by atoms with Gasteiger partial charge in [0.25, 0.3) is 0 Å². The third kappa shape index (κ3) is 14.4. The molecule has 0 atom stereocenters. The van der Waals surface area contributed by atoms with E-state index in [0.29, 0.717) is 39.0 Å². The van der Waals surface area contributed by atoms with Crippen LogP contribution in [0.3, 0.4) is 0 Å². The molecular weight excluding hydrogens is 430 g/mol. The van der Waals surface area contributed by atoms with Crippen molar-refractivity contribution in [3.63, 3.8) is 0 Å². The average molecular weight is 466 g/mol. The molecule has 3 amide bonds. The summed E-state index contributed by atoms with van der Waals surface area (Å²) in [6, 6.07) is 9.29. The smallest absolute Gasteiger partial charge is 0.407 e. The molecule has 0 radical (unpaired) electrons. The summed E-state index contributed by atoms with van der Waals surface area (Å²) in [5, 5.41) is 14.1. The first-order chi connectivity index (χ1) is 15.6. The van der Waals surface area contributed by atoms with Crippen LogP contribution < -0.4 is 10.6 Å². The molecule has 0 aliphatic carbocycles. The SMILES string of the molecule is CC(C)(C)OC(=O)NCCCN(CCCNC(=O)OCc1ccccc1)C(=O)CCC(=O)O. The van der Waals surface area contributed by atoms with E-state index in [2.05, 4.69) is 10.6 Å². The van der Waals surface area contributed by atoms with Gasteiger partial charge >= 0.3 is 18.2 Å². The maximum absolute atomic E-state index is 12.4. The lowest BCUT2D eigenvalue weighted by Crippen LogP contribution is -2.38. The van der Waals surface area contributed by atoms with Gasteiger partial charge in [-0.05, 0) is 39.2 Å². The number of rotatable bonds is 13. The molecule has 0 aliphatic rings. The minimum absolute atomic E-state index is 0.110. The van der Waals surface area contributed by atoms with Crippen molar-refractivity contribution >= 4 is 24.1 Å². The molecule has 10 nitrogen and oxygen atoms in total. The van der Waals surface area contributed by atoms with Crippen molar-refractivity contribution < 1.29 is 33.8 Å². The molecular formula is C23H35N3O7. The summed E-state index contributed by atoms with van der Waals surface area (Å²) in [4.78, 5) is 48.2. The zero-order valence-electron chi connectivity index (χ0n) is 19.6. The lowest BCUT2D eigenvalue weighted by atomic mass is 10.2. The van der Waals surface area contributed by atoms with Gasteiger partial charge in [-0.15, -0.1) is 0 Å². The van der Waals surface area contributed by atoms with Crippen molar-refractivity contribution in [2.45, 2.75) is 58.7 Å². The number of nitrogens with one attached hydrogen (secondary N) is 2. The molecule has 10 heteroatoms. The van der Waals surface area contributed by atoms with Gasteiger partial charge in [0.2, 0.25) is 5.91 Å². The van der Waals surface area contributed by atoms with Gasteiger partial charge in [-0.2, -0.15) is 0 Å². The molecule has 0 aromatic heterocycles. The van der Waals surface area contributed by atoms with Crippen LogP contribution in [0, 0.1) is 0 Å². The van der Waals surface area contributed by atoms with E-state index < -0.39 is 23.8 Å². The Balaban J connectivity index is 2.37. The highest BCUT2D eigenvalue weighted by molar-refractivity contribution is 5.80. The fourth-order valence-electron chi connectivity index (χ4n) is 2.74. The number of ether oxygens (including phenoxy) is 2. The quantitative estimate of drug-likeness (QED) is 0.381. The van der Waals surface area contributed by atoms with Gasteiger partial charge in [0.15, 0.2) is 0 Å². The topological polar surface area (TPSA) is 134 Å². The van der Waals surface area contributed by atoms with E-state index in [-0.39, 0.29) is 25.4 Å². The van der Waals surface area contributed by atoms with Gasteiger partial charge < -0.3 is 30.1 Å². The van der Waals surface area contributed by atoms with E-state index in [0.717, 1.165) is 5.56 Å². The summed E-state index contributed by atoms with van der Waals surface area (Å²) in [7, 11) is 0. The second kappa shape index (κ2) is 14.7. The van der Waals surface area contributed by atoms with Crippen LogP contribution in [0.1, 0.15) is 52.0 Å². The molecule has 1 rings (SSSR count). The highest BCUT2D eigenvalue weighted by Gasteiger charge is 2.17. The number of hydrogen-bond donors (Lipinski definition) is 3. The van der Waals surface area contributed by atoms with Gasteiger partial charge in [-0.3, -0.25) is 9.59 Å². The normalized spacial score (nSPS) is 10.8. The van der Waals surface area contributed by atoms with Crippen LogP contribution in [-0.4, -0.2) is 65.8 Å². The minimum Gasteiger partial charge on any atom is -0.481 e. The van der Waals surface area contributed by atoms with Crippen molar-refractivity contribution in [2.24, 2.45) is 0 Å². The fourth-order valence-corrected chi connectivity index (χ4v) is 2.74. The number of carboxylic acids is 1. The van der Waals surface area contributed by atoms with E-state index >= 15 is 0 Å². The summed E-state index contributed by atoms with van der Waals surface area (Å²) in [6.07, 6.45) is -0.506. The van der Waals surface area contributed by atoms with Gasteiger partial charge in [-0.1, -0.05) is 30.3 Å². The maximum Gasteiger partial charge on any atom is 0.407 e. The highest BCUT2D eigenvalue weighted by Crippen LogP contribution is 2.07. The number of hydrogen-bond acceptors (Lipinski definition) is 6. The summed E-state index contributed by atoms with van der Waals surface area (Å²) in [5.41, 5.74) is 0.279. The van der Waals surface area contributed by atoms with Crippen LogP contribution >= 0.6 is 0 Å². The Labute approximate surface area is 194 Å². The van der Waals surface area contributed by atoms with Crippen LogP contribution in [0.4, 0.5) is 9.59 Å². The molecule has 0 bridgehead atoms. The first-order valence-corrected chi connectivity index (χ1v) is 11.0. The first-order valence-electron chi connectivity index (χ1n) is 11.0. The van der Waals surface area contributed by atoms with Crippen LogP contribution in [0.2, 0.25) is 0 Å². The molecule has 1 aromatic rings. The number of nitrogens with zero attached hydrogens (tertiary/aromatic N) is 1. The van der Waals surface area contributed by atoms with E-state index in [9.17, 15) is 19.2 Å².